The third kappa shape index (κ3) is 3.61. The number of hydrogen-bond acceptors (Lipinski definition) is 3. The van der Waals surface area contributed by atoms with Crippen LogP contribution in [0.1, 0.15) is 33.1 Å². The third-order valence-corrected chi connectivity index (χ3v) is 5.39. The number of rotatable bonds is 4. The summed E-state index contributed by atoms with van der Waals surface area (Å²) >= 11 is 0. The van der Waals surface area contributed by atoms with Crippen molar-refractivity contribution in [3.05, 3.63) is 94.6 Å². The largest absolute Gasteiger partial charge is 0.493 e. The molecule has 0 spiro atoms. The predicted octanol–water partition coefficient (Wildman–Crippen LogP) is 4.77. The molecule has 0 aromatic heterocycles. The van der Waals surface area contributed by atoms with Crippen molar-refractivity contribution in [1.82, 2.24) is 4.90 Å². The smallest absolute Gasteiger partial charge is 0.254 e. The number of hydrogen-bond donors (Lipinski definition) is 0. The highest BCUT2D eigenvalue weighted by molar-refractivity contribution is 5.95. The molecular weight excluding hydrogens is 388 g/mol. The third-order valence-electron chi connectivity index (χ3n) is 5.39. The van der Waals surface area contributed by atoms with Crippen LogP contribution in [0.5, 0.6) is 11.5 Å². The molecule has 0 saturated heterocycles. The predicted molar refractivity (Wildman–Crippen MR) is 109 cm³/mol. The number of ether oxygens (including phenoxy) is 2. The van der Waals surface area contributed by atoms with Gasteiger partial charge in [0, 0.05) is 12.1 Å². The number of amides is 1. The average Bonchev–Trinajstić information content (AvgIpc) is 2.77. The van der Waals surface area contributed by atoms with Crippen molar-refractivity contribution in [2.45, 2.75) is 12.5 Å². The van der Waals surface area contributed by atoms with Crippen LogP contribution in [0.2, 0.25) is 0 Å². The number of methoxy groups -OCH3 is 2. The Labute approximate surface area is 173 Å². The molecule has 0 N–H and O–H groups in total. The lowest BCUT2D eigenvalue weighted by Crippen LogP contribution is -2.40. The van der Waals surface area contributed by atoms with Crippen LogP contribution < -0.4 is 9.47 Å². The summed E-state index contributed by atoms with van der Waals surface area (Å²) in [6.07, 6.45) is 0.606. The molecule has 0 fully saturated rings. The second-order valence-corrected chi connectivity index (χ2v) is 7.12. The van der Waals surface area contributed by atoms with Crippen LogP contribution in [0.3, 0.4) is 0 Å². The van der Waals surface area contributed by atoms with Crippen molar-refractivity contribution < 1.29 is 23.0 Å². The number of nitrogens with zero attached hydrogens (tertiary/aromatic N) is 1. The zero-order valence-corrected chi connectivity index (χ0v) is 16.7. The Morgan fingerprint density at radius 3 is 2.30 bits per heavy atom. The van der Waals surface area contributed by atoms with E-state index in [1.807, 2.05) is 12.1 Å². The molecule has 4 rings (SSSR count). The Balaban J connectivity index is 1.85. The van der Waals surface area contributed by atoms with Gasteiger partial charge in [-0.25, -0.2) is 8.78 Å². The number of benzene rings is 3. The molecule has 0 unspecified atom stereocenters. The number of carbonyl (C=O) groups is 1. The van der Waals surface area contributed by atoms with E-state index in [2.05, 4.69) is 0 Å². The van der Waals surface area contributed by atoms with Gasteiger partial charge in [0.15, 0.2) is 11.5 Å². The standard InChI is InChI=1S/C24H21F2NO3/c1-29-21-13-16-10-11-27(24(28)17-4-3-5-19(26)12-17)23(20(16)14-22(21)30-2)15-6-8-18(25)9-7-15/h3-9,12-14,23H,10-11H2,1-2H3/t23-/m0/s1. The van der Waals surface area contributed by atoms with E-state index in [-0.39, 0.29) is 17.3 Å². The molecular formula is C24H21F2NO3. The lowest BCUT2D eigenvalue weighted by atomic mass is 9.87. The van der Waals surface area contributed by atoms with Gasteiger partial charge in [-0.3, -0.25) is 4.79 Å². The SMILES string of the molecule is COc1cc2c(cc1OC)[C@H](c1ccc(F)cc1)N(C(=O)c1cccc(F)c1)CC2. The molecule has 1 atom stereocenters. The van der Waals surface area contributed by atoms with E-state index in [1.165, 1.54) is 30.3 Å². The van der Waals surface area contributed by atoms with Crippen molar-refractivity contribution in [2.24, 2.45) is 0 Å². The van der Waals surface area contributed by atoms with Gasteiger partial charge < -0.3 is 14.4 Å². The maximum Gasteiger partial charge on any atom is 0.254 e. The van der Waals surface area contributed by atoms with Gasteiger partial charge >= 0.3 is 0 Å². The van der Waals surface area contributed by atoms with E-state index in [0.29, 0.717) is 24.5 Å². The molecule has 3 aromatic carbocycles. The fourth-order valence-electron chi connectivity index (χ4n) is 3.96. The molecule has 1 aliphatic heterocycles. The monoisotopic (exact) mass is 409 g/mol. The van der Waals surface area contributed by atoms with Crippen LogP contribution in [-0.2, 0) is 6.42 Å². The zero-order valence-electron chi connectivity index (χ0n) is 16.7. The quantitative estimate of drug-likeness (QED) is 0.623. The first kappa shape index (κ1) is 19.9. The van der Waals surface area contributed by atoms with Gasteiger partial charge in [0.25, 0.3) is 5.91 Å². The highest BCUT2D eigenvalue weighted by Crippen LogP contribution is 2.41. The minimum absolute atomic E-state index is 0.269. The summed E-state index contributed by atoms with van der Waals surface area (Å²) in [7, 11) is 3.12. The van der Waals surface area contributed by atoms with Crippen molar-refractivity contribution in [3.8, 4) is 11.5 Å². The molecule has 4 nitrogen and oxygen atoms in total. The molecule has 0 radical (unpaired) electrons. The first-order valence-electron chi connectivity index (χ1n) is 9.58. The van der Waals surface area contributed by atoms with Crippen LogP contribution in [-0.4, -0.2) is 31.6 Å². The van der Waals surface area contributed by atoms with Crippen molar-refractivity contribution in [1.29, 1.82) is 0 Å². The first-order valence-corrected chi connectivity index (χ1v) is 9.58. The van der Waals surface area contributed by atoms with Gasteiger partial charge in [-0.15, -0.1) is 0 Å². The van der Waals surface area contributed by atoms with E-state index < -0.39 is 11.9 Å². The van der Waals surface area contributed by atoms with Gasteiger partial charge in [-0.05, 0) is 65.6 Å². The normalized spacial score (nSPS) is 15.5. The summed E-state index contributed by atoms with van der Waals surface area (Å²) in [5.41, 5.74) is 2.92. The second kappa shape index (κ2) is 8.14. The van der Waals surface area contributed by atoms with E-state index >= 15 is 0 Å². The summed E-state index contributed by atoms with van der Waals surface area (Å²) in [4.78, 5) is 15.0. The van der Waals surface area contributed by atoms with Gasteiger partial charge in [-0.2, -0.15) is 0 Å². The Morgan fingerprint density at radius 1 is 0.933 bits per heavy atom. The molecule has 1 heterocycles. The van der Waals surface area contributed by atoms with Crippen molar-refractivity contribution in [3.63, 3.8) is 0 Å². The van der Waals surface area contributed by atoms with Crippen LogP contribution in [0.25, 0.3) is 0 Å². The number of halogens is 2. The van der Waals surface area contributed by atoms with E-state index in [4.69, 9.17) is 9.47 Å². The molecule has 0 aliphatic carbocycles. The van der Waals surface area contributed by atoms with Crippen molar-refractivity contribution >= 4 is 5.91 Å². The summed E-state index contributed by atoms with van der Waals surface area (Å²) in [5, 5.41) is 0. The lowest BCUT2D eigenvalue weighted by molar-refractivity contribution is 0.0693. The Hall–Kier alpha value is -3.41. The van der Waals surface area contributed by atoms with Gasteiger partial charge in [-0.1, -0.05) is 18.2 Å². The average molecular weight is 409 g/mol. The highest BCUT2D eigenvalue weighted by atomic mass is 19.1. The topological polar surface area (TPSA) is 38.8 Å². The minimum atomic E-state index is -0.469. The molecule has 0 bridgehead atoms. The van der Waals surface area contributed by atoms with Crippen LogP contribution >= 0.6 is 0 Å². The fourth-order valence-corrected chi connectivity index (χ4v) is 3.96. The van der Waals surface area contributed by atoms with Gasteiger partial charge in [0.1, 0.15) is 11.6 Å². The maximum absolute atomic E-state index is 13.7. The van der Waals surface area contributed by atoms with Gasteiger partial charge in [0.2, 0.25) is 0 Å². The Kier molecular flexibility index (Phi) is 5.40. The van der Waals surface area contributed by atoms with Crippen LogP contribution in [0.4, 0.5) is 8.78 Å². The first-order chi connectivity index (χ1) is 14.5. The molecule has 3 aromatic rings. The maximum atomic E-state index is 13.7. The van der Waals surface area contributed by atoms with Crippen LogP contribution in [0.15, 0.2) is 60.7 Å². The summed E-state index contributed by atoms with van der Waals surface area (Å²) in [5.74, 6) is 0.0415. The molecule has 0 saturated carbocycles. The molecule has 1 amide bonds. The van der Waals surface area contributed by atoms with Gasteiger partial charge in [0.05, 0.1) is 20.3 Å². The molecule has 30 heavy (non-hydrogen) atoms. The summed E-state index contributed by atoms with van der Waals surface area (Å²) in [6, 6.07) is 15.0. The van der Waals surface area contributed by atoms with E-state index in [1.54, 1.807) is 37.3 Å². The summed E-state index contributed by atoms with van der Waals surface area (Å²) in [6.45, 7) is 0.430. The Bertz CT molecular complexity index is 1080. The zero-order chi connectivity index (χ0) is 21.3. The highest BCUT2D eigenvalue weighted by Gasteiger charge is 2.34. The van der Waals surface area contributed by atoms with E-state index in [0.717, 1.165) is 16.7 Å². The fraction of sp³-hybridized carbons (Fsp3) is 0.208. The Morgan fingerprint density at radius 2 is 1.63 bits per heavy atom. The molecule has 6 heteroatoms. The second-order valence-electron chi connectivity index (χ2n) is 7.12. The lowest BCUT2D eigenvalue weighted by Gasteiger charge is -2.38. The molecule has 154 valence electrons. The minimum Gasteiger partial charge on any atom is -0.493 e. The van der Waals surface area contributed by atoms with Crippen LogP contribution in [0, 0.1) is 11.6 Å². The summed E-state index contributed by atoms with van der Waals surface area (Å²) < 4.78 is 38.2. The van der Waals surface area contributed by atoms with E-state index in [9.17, 15) is 13.6 Å². The molecule has 1 aliphatic rings. The number of fused-ring (bicyclic) bond motifs is 1. The number of carbonyl (C=O) groups excluding carboxylic acids is 1. The van der Waals surface area contributed by atoms with Crippen molar-refractivity contribution in [2.75, 3.05) is 20.8 Å².